The number of alkyl carbamates (subject to hydrolysis) is 1. The molecular formula is C18H22N4O3. The first-order chi connectivity index (χ1) is 12.1. The van der Waals surface area contributed by atoms with Crippen molar-refractivity contribution in [1.29, 1.82) is 0 Å². The minimum absolute atomic E-state index is 0.0300. The van der Waals surface area contributed by atoms with Crippen molar-refractivity contribution >= 4 is 6.09 Å². The number of carbonyl (C=O) groups is 1. The molecule has 2 aliphatic rings. The van der Waals surface area contributed by atoms with Crippen molar-refractivity contribution in [2.45, 2.75) is 51.0 Å². The average Bonchev–Trinajstić information content (AvgIpc) is 3.22. The van der Waals surface area contributed by atoms with E-state index >= 15 is 0 Å². The lowest BCUT2D eigenvalue weighted by Gasteiger charge is -2.26. The van der Waals surface area contributed by atoms with Crippen molar-refractivity contribution in [3.8, 4) is 0 Å². The van der Waals surface area contributed by atoms with E-state index in [4.69, 9.17) is 9.47 Å². The number of benzene rings is 1. The van der Waals surface area contributed by atoms with Crippen LogP contribution in [0.2, 0.25) is 0 Å². The summed E-state index contributed by atoms with van der Waals surface area (Å²) in [6, 6.07) is 10.1. The molecule has 1 aromatic carbocycles. The molecule has 2 aromatic rings. The van der Waals surface area contributed by atoms with Crippen LogP contribution in [0.25, 0.3) is 0 Å². The average molecular weight is 342 g/mol. The Labute approximate surface area is 146 Å². The molecule has 1 aliphatic heterocycles. The van der Waals surface area contributed by atoms with Crippen LogP contribution in [0.5, 0.6) is 0 Å². The maximum Gasteiger partial charge on any atom is 0.408 e. The van der Waals surface area contributed by atoms with E-state index in [0.717, 1.165) is 23.4 Å². The van der Waals surface area contributed by atoms with Gasteiger partial charge in [0, 0.05) is 6.04 Å². The summed E-state index contributed by atoms with van der Waals surface area (Å²) in [5.74, 6) is 0. The van der Waals surface area contributed by atoms with Gasteiger partial charge in [0.2, 0.25) is 0 Å². The first-order valence-corrected chi connectivity index (χ1v) is 8.66. The van der Waals surface area contributed by atoms with Gasteiger partial charge in [-0.05, 0) is 32.3 Å². The summed E-state index contributed by atoms with van der Waals surface area (Å²) in [7, 11) is 0. The van der Waals surface area contributed by atoms with Crippen molar-refractivity contribution in [2.24, 2.45) is 0 Å². The summed E-state index contributed by atoms with van der Waals surface area (Å²) < 4.78 is 13.2. The number of aromatic nitrogens is 3. The monoisotopic (exact) mass is 342 g/mol. The first-order valence-electron chi connectivity index (χ1n) is 8.66. The Morgan fingerprint density at radius 1 is 1.44 bits per heavy atom. The number of ether oxygens (including phenoxy) is 2. The second kappa shape index (κ2) is 6.15. The molecule has 7 nitrogen and oxygen atoms in total. The maximum atomic E-state index is 12.0. The molecule has 132 valence electrons. The third-order valence-corrected chi connectivity index (χ3v) is 4.63. The standard InChI is InChI=1S/C18H22N4O3/c1-12(2)19-17(23)25-14-8-9-18(11-24-18)16-15(14)20-21-22(16)10-13-6-4-3-5-7-13/h3-7,12,14H,8-11H2,1-2H3,(H,19,23)/t14-,18-/m1/s1. The van der Waals surface area contributed by atoms with Crippen LogP contribution in [0.4, 0.5) is 4.79 Å². The molecule has 1 N–H and O–H groups in total. The highest BCUT2D eigenvalue weighted by atomic mass is 16.6. The summed E-state index contributed by atoms with van der Waals surface area (Å²) in [5, 5.41) is 11.4. The number of hydrogen-bond acceptors (Lipinski definition) is 5. The first kappa shape index (κ1) is 16.1. The van der Waals surface area contributed by atoms with Gasteiger partial charge in [-0.1, -0.05) is 35.5 Å². The Bertz CT molecular complexity index is 768. The molecule has 1 saturated heterocycles. The van der Waals surface area contributed by atoms with E-state index in [2.05, 4.69) is 27.8 Å². The van der Waals surface area contributed by atoms with Gasteiger partial charge < -0.3 is 14.8 Å². The van der Waals surface area contributed by atoms with Gasteiger partial charge in [0.15, 0.2) is 0 Å². The number of nitrogens with zero attached hydrogens (tertiary/aromatic N) is 3. The zero-order valence-electron chi connectivity index (χ0n) is 14.4. The fourth-order valence-corrected chi connectivity index (χ4v) is 3.38. The highest BCUT2D eigenvalue weighted by Gasteiger charge is 2.55. The largest absolute Gasteiger partial charge is 0.440 e. The lowest BCUT2D eigenvalue weighted by atomic mass is 9.88. The van der Waals surface area contributed by atoms with Crippen LogP contribution >= 0.6 is 0 Å². The number of amides is 1. The molecule has 7 heteroatoms. The minimum Gasteiger partial charge on any atom is -0.440 e. The maximum absolute atomic E-state index is 12.0. The third-order valence-electron chi connectivity index (χ3n) is 4.63. The Balaban J connectivity index is 1.60. The predicted octanol–water partition coefficient (Wildman–Crippen LogP) is 2.52. The van der Waals surface area contributed by atoms with E-state index < -0.39 is 6.09 Å². The summed E-state index contributed by atoms with van der Waals surface area (Å²) in [6.07, 6.45) is 0.703. The van der Waals surface area contributed by atoms with Gasteiger partial charge in [-0.25, -0.2) is 9.48 Å². The lowest BCUT2D eigenvalue weighted by Crippen LogP contribution is -2.34. The van der Waals surface area contributed by atoms with Gasteiger partial charge in [-0.3, -0.25) is 0 Å². The molecule has 0 radical (unpaired) electrons. The second-order valence-electron chi connectivity index (χ2n) is 6.98. The van der Waals surface area contributed by atoms with Gasteiger partial charge in [0.05, 0.1) is 13.2 Å². The fourth-order valence-electron chi connectivity index (χ4n) is 3.38. The van der Waals surface area contributed by atoms with E-state index in [0.29, 0.717) is 19.6 Å². The van der Waals surface area contributed by atoms with E-state index in [9.17, 15) is 4.79 Å². The van der Waals surface area contributed by atoms with Crippen molar-refractivity contribution in [2.75, 3.05) is 6.61 Å². The summed E-state index contributed by atoms with van der Waals surface area (Å²) in [6.45, 7) is 5.10. The molecule has 1 aromatic heterocycles. The SMILES string of the molecule is CC(C)NC(=O)O[C@@H]1CC[C@@]2(CO2)c2c1nnn2Cc1ccccc1. The molecule has 25 heavy (non-hydrogen) atoms. The molecule has 0 bridgehead atoms. The molecule has 1 amide bonds. The van der Waals surface area contributed by atoms with Crippen LogP contribution in [0.15, 0.2) is 30.3 Å². The van der Waals surface area contributed by atoms with Crippen LogP contribution < -0.4 is 5.32 Å². The second-order valence-corrected chi connectivity index (χ2v) is 6.98. The van der Waals surface area contributed by atoms with Crippen molar-refractivity contribution < 1.29 is 14.3 Å². The van der Waals surface area contributed by atoms with E-state index in [1.54, 1.807) is 0 Å². The number of nitrogens with one attached hydrogen (secondary N) is 1. The Hall–Kier alpha value is -2.41. The number of fused-ring (bicyclic) bond motifs is 2. The van der Waals surface area contributed by atoms with Gasteiger partial charge in [-0.15, -0.1) is 5.10 Å². The molecule has 1 spiro atoms. The lowest BCUT2D eigenvalue weighted by molar-refractivity contribution is 0.0712. The Kier molecular flexibility index (Phi) is 3.95. The third kappa shape index (κ3) is 3.11. The highest BCUT2D eigenvalue weighted by Crippen LogP contribution is 2.51. The molecule has 0 unspecified atom stereocenters. The fraction of sp³-hybridized carbons (Fsp3) is 0.500. The molecule has 1 fully saturated rings. The normalized spacial score (nSPS) is 24.2. The predicted molar refractivity (Wildman–Crippen MR) is 89.9 cm³/mol. The smallest absolute Gasteiger partial charge is 0.408 e. The van der Waals surface area contributed by atoms with Crippen LogP contribution in [0.1, 0.15) is 49.7 Å². The summed E-state index contributed by atoms with van der Waals surface area (Å²) >= 11 is 0. The number of epoxide rings is 1. The summed E-state index contributed by atoms with van der Waals surface area (Å²) in [4.78, 5) is 12.0. The van der Waals surface area contributed by atoms with Crippen molar-refractivity contribution in [3.63, 3.8) is 0 Å². The van der Waals surface area contributed by atoms with Gasteiger partial charge >= 0.3 is 6.09 Å². The van der Waals surface area contributed by atoms with Crippen LogP contribution in [0, 0.1) is 0 Å². The van der Waals surface area contributed by atoms with Gasteiger partial charge in [0.25, 0.3) is 0 Å². The molecular weight excluding hydrogens is 320 g/mol. The van der Waals surface area contributed by atoms with Gasteiger partial charge in [-0.2, -0.15) is 0 Å². The zero-order valence-corrected chi connectivity index (χ0v) is 14.4. The van der Waals surface area contributed by atoms with Crippen LogP contribution in [-0.2, 0) is 21.6 Å². The van der Waals surface area contributed by atoms with Gasteiger partial charge in [0.1, 0.15) is 23.1 Å². The summed E-state index contributed by atoms with van der Waals surface area (Å²) in [5.41, 5.74) is 2.51. The van der Waals surface area contributed by atoms with E-state index in [1.807, 2.05) is 36.7 Å². The van der Waals surface area contributed by atoms with Crippen molar-refractivity contribution in [1.82, 2.24) is 20.3 Å². The van der Waals surface area contributed by atoms with E-state index in [-0.39, 0.29) is 17.7 Å². The molecule has 2 atom stereocenters. The number of rotatable bonds is 4. The number of carbonyl (C=O) groups excluding carboxylic acids is 1. The minimum atomic E-state index is -0.420. The molecule has 2 heterocycles. The highest BCUT2D eigenvalue weighted by molar-refractivity contribution is 5.67. The Morgan fingerprint density at radius 3 is 2.88 bits per heavy atom. The molecule has 0 saturated carbocycles. The van der Waals surface area contributed by atoms with Crippen LogP contribution in [-0.4, -0.2) is 33.7 Å². The topological polar surface area (TPSA) is 81.6 Å². The van der Waals surface area contributed by atoms with E-state index in [1.165, 1.54) is 0 Å². The van der Waals surface area contributed by atoms with Crippen LogP contribution in [0.3, 0.4) is 0 Å². The number of hydrogen-bond donors (Lipinski definition) is 1. The Morgan fingerprint density at radius 2 is 2.20 bits per heavy atom. The molecule has 4 rings (SSSR count). The van der Waals surface area contributed by atoms with Crippen molar-refractivity contribution in [3.05, 3.63) is 47.3 Å². The quantitative estimate of drug-likeness (QED) is 0.864. The zero-order chi connectivity index (χ0) is 17.4. The molecule has 1 aliphatic carbocycles.